The van der Waals surface area contributed by atoms with E-state index in [0.717, 1.165) is 23.0 Å². The fourth-order valence-corrected chi connectivity index (χ4v) is 2.24. The fraction of sp³-hybridized carbons (Fsp3) is 0.357. The third kappa shape index (κ3) is 2.92. The van der Waals surface area contributed by atoms with Gasteiger partial charge in [-0.1, -0.05) is 42.8 Å². The first kappa shape index (κ1) is 13.1. The summed E-state index contributed by atoms with van der Waals surface area (Å²) in [6.45, 7) is 2.25. The van der Waals surface area contributed by atoms with Crippen molar-refractivity contribution in [1.29, 1.82) is 0 Å². The third-order valence-corrected chi connectivity index (χ3v) is 3.30. The van der Waals surface area contributed by atoms with Gasteiger partial charge in [0.2, 0.25) is 0 Å². The quantitative estimate of drug-likeness (QED) is 0.813. The first-order valence-corrected chi connectivity index (χ1v) is 6.55. The minimum absolute atomic E-state index is 0.173. The molecule has 0 aliphatic rings. The lowest BCUT2D eigenvalue weighted by molar-refractivity contribution is 0.278. The molecule has 2 N–H and O–H groups in total. The number of rotatable bonds is 5. The summed E-state index contributed by atoms with van der Waals surface area (Å²) in [7, 11) is 0. The topological polar surface area (TPSA) is 45.1 Å². The highest BCUT2D eigenvalue weighted by Crippen LogP contribution is 2.25. The van der Waals surface area contributed by atoms with E-state index >= 15 is 0 Å². The van der Waals surface area contributed by atoms with Gasteiger partial charge in [-0.05, 0) is 24.3 Å². The van der Waals surface area contributed by atoms with Gasteiger partial charge in [-0.25, -0.2) is 4.98 Å². The SMILES string of the molecule is CCC(CCO)Nc1cc2ccccc2c(Cl)n1. The Morgan fingerprint density at radius 1 is 1.39 bits per heavy atom. The molecule has 2 rings (SSSR count). The van der Waals surface area contributed by atoms with Crippen LogP contribution in [0.5, 0.6) is 0 Å². The van der Waals surface area contributed by atoms with Crippen LogP contribution < -0.4 is 5.32 Å². The van der Waals surface area contributed by atoms with Crippen LogP contribution >= 0.6 is 11.6 Å². The number of nitrogens with one attached hydrogen (secondary N) is 1. The Labute approximate surface area is 112 Å². The molecule has 0 fully saturated rings. The Hall–Kier alpha value is -1.32. The molecule has 1 atom stereocenters. The molecular formula is C14H17ClN2O. The highest BCUT2D eigenvalue weighted by Gasteiger charge is 2.08. The predicted molar refractivity (Wildman–Crippen MR) is 76.2 cm³/mol. The standard InChI is InChI=1S/C14H17ClN2O/c1-2-11(7-8-18)16-13-9-10-5-3-4-6-12(10)14(15)17-13/h3-6,9,11,18H,2,7-8H2,1H3,(H,16,17). The Morgan fingerprint density at radius 3 is 2.89 bits per heavy atom. The number of aliphatic hydroxyl groups is 1. The molecule has 0 radical (unpaired) electrons. The van der Waals surface area contributed by atoms with Gasteiger partial charge in [-0.15, -0.1) is 0 Å². The van der Waals surface area contributed by atoms with Gasteiger partial charge >= 0.3 is 0 Å². The van der Waals surface area contributed by atoms with Gasteiger partial charge in [0.1, 0.15) is 11.0 Å². The normalized spacial score (nSPS) is 12.6. The summed E-state index contributed by atoms with van der Waals surface area (Å²) < 4.78 is 0. The summed E-state index contributed by atoms with van der Waals surface area (Å²) in [5.41, 5.74) is 0. The summed E-state index contributed by atoms with van der Waals surface area (Å²) in [4.78, 5) is 4.34. The van der Waals surface area contributed by atoms with Crippen molar-refractivity contribution in [3.05, 3.63) is 35.5 Å². The Bertz CT molecular complexity index is 530. The number of halogens is 1. The molecule has 1 aromatic heterocycles. The van der Waals surface area contributed by atoms with Crippen LogP contribution in [0.2, 0.25) is 5.15 Å². The van der Waals surface area contributed by atoms with Crippen LogP contribution in [0.25, 0.3) is 10.8 Å². The zero-order chi connectivity index (χ0) is 13.0. The number of fused-ring (bicyclic) bond motifs is 1. The summed E-state index contributed by atoms with van der Waals surface area (Å²) in [5, 5.41) is 14.8. The molecule has 0 bridgehead atoms. The van der Waals surface area contributed by atoms with Crippen molar-refractivity contribution >= 4 is 28.2 Å². The van der Waals surface area contributed by atoms with Crippen LogP contribution in [0.15, 0.2) is 30.3 Å². The fourth-order valence-electron chi connectivity index (χ4n) is 1.97. The van der Waals surface area contributed by atoms with E-state index in [4.69, 9.17) is 16.7 Å². The molecule has 0 saturated heterocycles. The molecule has 18 heavy (non-hydrogen) atoms. The summed E-state index contributed by atoms with van der Waals surface area (Å²) in [6, 6.07) is 10.1. The van der Waals surface area contributed by atoms with E-state index < -0.39 is 0 Å². The number of aromatic nitrogens is 1. The number of nitrogens with zero attached hydrogens (tertiary/aromatic N) is 1. The van der Waals surface area contributed by atoms with Gasteiger partial charge in [0.25, 0.3) is 0 Å². The summed E-state index contributed by atoms with van der Waals surface area (Å²) in [6.07, 6.45) is 1.65. The van der Waals surface area contributed by atoms with Gasteiger partial charge in [-0.3, -0.25) is 0 Å². The minimum atomic E-state index is 0.173. The lowest BCUT2D eigenvalue weighted by atomic mass is 10.1. The second-order valence-electron chi connectivity index (χ2n) is 4.28. The molecule has 1 heterocycles. The molecule has 0 aliphatic carbocycles. The Balaban J connectivity index is 2.28. The zero-order valence-electron chi connectivity index (χ0n) is 10.4. The summed E-state index contributed by atoms with van der Waals surface area (Å²) >= 11 is 6.17. The van der Waals surface area contributed by atoms with Gasteiger partial charge in [0.15, 0.2) is 0 Å². The largest absolute Gasteiger partial charge is 0.396 e. The lowest BCUT2D eigenvalue weighted by Crippen LogP contribution is -2.20. The molecule has 0 aliphatic heterocycles. The minimum Gasteiger partial charge on any atom is -0.396 e. The predicted octanol–water partition coefficient (Wildman–Crippen LogP) is 3.46. The number of aliphatic hydroxyl groups excluding tert-OH is 1. The maximum Gasteiger partial charge on any atom is 0.139 e. The van der Waals surface area contributed by atoms with Gasteiger partial charge in [-0.2, -0.15) is 0 Å². The number of benzene rings is 1. The van der Waals surface area contributed by atoms with Gasteiger partial charge in [0.05, 0.1) is 0 Å². The zero-order valence-corrected chi connectivity index (χ0v) is 11.1. The maximum atomic E-state index is 8.99. The van der Waals surface area contributed by atoms with Crippen molar-refractivity contribution in [2.45, 2.75) is 25.8 Å². The Kier molecular flexibility index (Phi) is 4.39. The van der Waals surface area contributed by atoms with E-state index in [0.29, 0.717) is 11.6 Å². The molecule has 1 aromatic carbocycles. The average molecular weight is 265 g/mol. The number of hydrogen-bond donors (Lipinski definition) is 2. The smallest absolute Gasteiger partial charge is 0.139 e. The molecule has 2 aromatic rings. The number of hydrogen-bond acceptors (Lipinski definition) is 3. The van der Waals surface area contributed by atoms with Crippen LogP contribution in [0, 0.1) is 0 Å². The molecule has 4 heteroatoms. The second-order valence-corrected chi connectivity index (χ2v) is 4.64. The van der Waals surface area contributed by atoms with Crippen molar-refractivity contribution in [2.75, 3.05) is 11.9 Å². The van der Waals surface area contributed by atoms with Crippen LogP contribution in [-0.4, -0.2) is 22.7 Å². The van der Waals surface area contributed by atoms with E-state index in [1.54, 1.807) is 0 Å². The molecule has 3 nitrogen and oxygen atoms in total. The van der Waals surface area contributed by atoms with Crippen molar-refractivity contribution in [1.82, 2.24) is 4.98 Å². The number of anilines is 1. The van der Waals surface area contributed by atoms with E-state index in [2.05, 4.69) is 17.2 Å². The van der Waals surface area contributed by atoms with E-state index in [-0.39, 0.29) is 12.6 Å². The second kappa shape index (κ2) is 6.03. The van der Waals surface area contributed by atoms with Crippen molar-refractivity contribution in [3.63, 3.8) is 0 Å². The van der Waals surface area contributed by atoms with Gasteiger partial charge < -0.3 is 10.4 Å². The maximum absolute atomic E-state index is 8.99. The van der Waals surface area contributed by atoms with E-state index in [1.165, 1.54) is 0 Å². The lowest BCUT2D eigenvalue weighted by Gasteiger charge is -2.17. The highest BCUT2D eigenvalue weighted by atomic mass is 35.5. The molecule has 0 amide bonds. The van der Waals surface area contributed by atoms with Crippen molar-refractivity contribution in [3.8, 4) is 0 Å². The van der Waals surface area contributed by atoms with Crippen LogP contribution in [0.4, 0.5) is 5.82 Å². The molecule has 0 spiro atoms. The van der Waals surface area contributed by atoms with Crippen molar-refractivity contribution in [2.24, 2.45) is 0 Å². The van der Waals surface area contributed by atoms with Crippen LogP contribution in [0.3, 0.4) is 0 Å². The third-order valence-electron chi connectivity index (χ3n) is 3.02. The first-order chi connectivity index (χ1) is 8.74. The monoisotopic (exact) mass is 264 g/mol. The van der Waals surface area contributed by atoms with E-state index in [1.807, 2.05) is 30.3 Å². The number of pyridine rings is 1. The molecule has 96 valence electrons. The van der Waals surface area contributed by atoms with Crippen LogP contribution in [0.1, 0.15) is 19.8 Å². The van der Waals surface area contributed by atoms with E-state index in [9.17, 15) is 0 Å². The molecule has 1 unspecified atom stereocenters. The van der Waals surface area contributed by atoms with Crippen LogP contribution in [-0.2, 0) is 0 Å². The Morgan fingerprint density at radius 2 is 2.17 bits per heavy atom. The first-order valence-electron chi connectivity index (χ1n) is 6.17. The van der Waals surface area contributed by atoms with Crippen molar-refractivity contribution < 1.29 is 5.11 Å². The molecular weight excluding hydrogens is 248 g/mol. The molecule has 0 saturated carbocycles. The summed E-state index contributed by atoms with van der Waals surface area (Å²) in [5.74, 6) is 0.763. The van der Waals surface area contributed by atoms with Gasteiger partial charge in [0, 0.05) is 18.0 Å². The average Bonchev–Trinajstić information content (AvgIpc) is 2.38. The highest BCUT2D eigenvalue weighted by molar-refractivity contribution is 6.34.